The van der Waals surface area contributed by atoms with Gasteiger partial charge in [0.05, 0.1) is 6.61 Å². The summed E-state index contributed by atoms with van der Waals surface area (Å²) in [4.78, 5) is 12.0. The van der Waals surface area contributed by atoms with Gasteiger partial charge in [0.2, 0.25) is 0 Å². The molecule has 0 fully saturated rings. The molecule has 0 unspecified atom stereocenters. The summed E-state index contributed by atoms with van der Waals surface area (Å²) in [5, 5.41) is 15.6. The second kappa shape index (κ2) is 7.49. The standard InChI is InChI=1S/C16H15NO2S/c18-8-2-1-4-13-5-3-6-15(10-13)16(19)17-11-14-7-9-20-12-14/h3,5-7,9-10,12,18H,2,8,11H2,(H,17,19). The average molecular weight is 285 g/mol. The SMILES string of the molecule is O=C(NCc1ccsc1)c1cccc(C#CCCO)c1. The Morgan fingerprint density at radius 1 is 1.35 bits per heavy atom. The van der Waals surface area contributed by atoms with Gasteiger partial charge in [0.15, 0.2) is 0 Å². The lowest BCUT2D eigenvalue weighted by molar-refractivity contribution is 0.0951. The number of carbonyl (C=O) groups excluding carboxylic acids is 1. The molecule has 102 valence electrons. The van der Waals surface area contributed by atoms with Crippen molar-refractivity contribution in [3.05, 3.63) is 57.8 Å². The average Bonchev–Trinajstić information content (AvgIpc) is 2.99. The number of hydrogen-bond acceptors (Lipinski definition) is 3. The summed E-state index contributed by atoms with van der Waals surface area (Å²) >= 11 is 1.61. The van der Waals surface area contributed by atoms with Crippen LogP contribution in [0.3, 0.4) is 0 Å². The monoisotopic (exact) mass is 285 g/mol. The molecule has 0 saturated carbocycles. The molecule has 2 N–H and O–H groups in total. The first-order valence-corrected chi connectivity index (χ1v) is 7.23. The third-order valence-electron chi connectivity index (χ3n) is 2.63. The Balaban J connectivity index is 1.99. The topological polar surface area (TPSA) is 49.3 Å². The van der Waals surface area contributed by atoms with Crippen molar-refractivity contribution in [1.29, 1.82) is 0 Å². The lowest BCUT2D eigenvalue weighted by Gasteiger charge is -2.04. The molecule has 0 aliphatic carbocycles. The van der Waals surface area contributed by atoms with E-state index in [0.717, 1.165) is 11.1 Å². The molecular weight excluding hydrogens is 270 g/mol. The van der Waals surface area contributed by atoms with Crippen molar-refractivity contribution in [3.63, 3.8) is 0 Å². The molecule has 1 aromatic carbocycles. The first-order valence-electron chi connectivity index (χ1n) is 6.28. The summed E-state index contributed by atoms with van der Waals surface area (Å²) < 4.78 is 0. The van der Waals surface area contributed by atoms with Crippen LogP contribution >= 0.6 is 11.3 Å². The van der Waals surface area contributed by atoms with Gasteiger partial charge in [0.1, 0.15) is 0 Å². The highest BCUT2D eigenvalue weighted by Gasteiger charge is 2.05. The van der Waals surface area contributed by atoms with Crippen molar-refractivity contribution in [2.45, 2.75) is 13.0 Å². The molecule has 0 saturated heterocycles. The number of aliphatic hydroxyl groups is 1. The van der Waals surface area contributed by atoms with Gasteiger partial charge in [0.25, 0.3) is 5.91 Å². The zero-order valence-corrected chi connectivity index (χ0v) is 11.7. The summed E-state index contributed by atoms with van der Waals surface area (Å²) in [5.41, 5.74) is 2.47. The summed E-state index contributed by atoms with van der Waals surface area (Å²) in [7, 11) is 0. The van der Waals surface area contributed by atoms with Crippen LogP contribution in [0.2, 0.25) is 0 Å². The molecular formula is C16H15NO2S. The van der Waals surface area contributed by atoms with Crippen LogP contribution in [0.5, 0.6) is 0 Å². The second-order valence-electron chi connectivity index (χ2n) is 4.17. The van der Waals surface area contributed by atoms with Gasteiger partial charge in [-0.1, -0.05) is 17.9 Å². The number of benzene rings is 1. The zero-order valence-electron chi connectivity index (χ0n) is 10.9. The Bertz CT molecular complexity index is 623. The molecule has 1 heterocycles. The van der Waals surface area contributed by atoms with E-state index >= 15 is 0 Å². The van der Waals surface area contributed by atoms with Crippen LogP contribution in [0.4, 0.5) is 0 Å². The van der Waals surface area contributed by atoms with Crippen molar-refractivity contribution in [3.8, 4) is 11.8 Å². The van der Waals surface area contributed by atoms with Crippen molar-refractivity contribution >= 4 is 17.2 Å². The highest BCUT2D eigenvalue weighted by molar-refractivity contribution is 7.07. The lowest BCUT2D eigenvalue weighted by atomic mass is 10.1. The minimum absolute atomic E-state index is 0.0494. The Hall–Kier alpha value is -2.09. The maximum Gasteiger partial charge on any atom is 0.251 e. The van der Waals surface area contributed by atoms with E-state index in [4.69, 9.17) is 5.11 Å². The van der Waals surface area contributed by atoms with Gasteiger partial charge in [-0.05, 0) is 40.6 Å². The van der Waals surface area contributed by atoms with Crippen LogP contribution in [0, 0.1) is 11.8 Å². The van der Waals surface area contributed by atoms with E-state index in [1.165, 1.54) is 0 Å². The lowest BCUT2D eigenvalue weighted by Crippen LogP contribution is -2.22. The predicted octanol–water partition coefficient (Wildman–Crippen LogP) is 2.41. The smallest absolute Gasteiger partial charge is 0.251 e. The van der Waals surface area contributed by atoms with Crippen LogP contribution in [0.25, 0.3) is 0 Å². The third kappa shape index (κ3) is 4.23. The summed E-state index contributed by atoms with van der Waals surface area (Å²) in [6.45, 7) is 0.580. The molecule has 20 heavy (non-hydrogen) atoms. The van der Waals surface area contributed by atoms with E-state index in [0.29, 0.717) is 18.5 Å². The van der Waals surface area contributed by atoms with Gasteiger partial charge >= 0.3 is 0 Å². The summed E-state index contributed by atoms with van der Waals surface area (Å²) in [6, 6.07) is 9.16. The van der Waals surface area contributed by atoms with E-state index in [1.54, 1.807) is 23.5 Å². The number of amides is 1. The van der Waals surface area contributed by atoms with Crippen LogP contribution in [-0.4, -0.2) is 17.6 Å². The normalized spacial score (nSPS) is 9.65. The van der Waals surface area contributed by atoms with Crippen molar-refractivity contribution in [2.75, 3.05) is 6.61 Å². The van der Waals surface area contributed by atoms with Crippen LogP contribution in [0.1, 0.15) is 27.9 Å². The Kier molecular flexibility index (Phi) is 5.36. The zero-order chi connectivity index (χ0) is 14.2. The minimum atomic E-state index is -0.109. The maximum absolute atomic E-state index is 12.0. The van der Waals surface area contributed by atoms with E-state index in [2.05, 4.69) is 17.2 Å². The molecule has 1 aromatic heterocycles. The number of hydrogen-bond donors (Lipinski definition) is 2. The Labute approximate surface area is 122 Å². The van der Waals surface area contributed by atoms with Crippen LogP contribution < -0.4 is 5.32 Å². The largest absolute Gasteiger partial charge is 0.395 e. The number of nitrogens with one attached hydrogen (secondary N) is 1. The number of carbonyl (C=O) groups is 1. The van der Waals surface area contributed by atoms with E-state index < -0.39 is 0 Å². The number of thiophene rings is 1. The Morgan fingerprint density at radius 3 is 3.00 bits per heavy atom. The van der Waals surface area contributed by atoms with Gasteiger partial charge in [0, 0.05) is 24.1 Å². The number of rotatable bonds is 4. The van der Waals surface area contributed by atoms with E-state index in [1.807, 2.05) is 29.0 Å². The summed E-state index contributed by atoms with van der Waals surface area (Å²) in [5.74, 6) is 5.65. The van der Waals surface area contributed by atoms with Gasteiger partial charge in [-0.15, -0.1) is 0 Å². The molecule has 0 bridgehead atoms. The molecule has 0 spiro atoms. The minimum Gasteiger partial charge on any atom is -0.395 e. The van der Waals surface area contributed by atoms with Crippen molar-refractivity contribution in [2.24, 2.45) is 0 Å². The number of aliphatic hydroxyl groups excluding tert-OH is 1. The molecule has 2 rings (SSSR count). The highest BCUT2D eigenvalue weighted by atomic mass is 32.1. The quantitative estimate of drug-likeness (QED) is 0.848. The second-order valence-corrected chi connectivity index (χ2v) is 4.95. The molecule has 2 aromatic rings. The fourth-order valence-electron chi connectivity index (χ4n) is 1.64. The van der Waals surface area contributed by atoms with E-state index in [-0.39, 0.29) is 12.5 Å². The highest BCUT2D eigenvalue weighted by Crippen LogP contribution is 2.07. The van der Waals surface area contributed by atoms with Gasteiger partial charge < -0.3 is 10.4 Å². The molecule has 0 atom stereocenters. The van der Waals surface area contributed by atoms with Crippen LogP contribution in [0.15, 0.2) is 41.1 Å². The van der Waals surface area contributed by atoms with Crippen LogP contribution in [-0.2, 0) is 6.54 Å². The summed E-state index contributed by atoms with van der Waals surface area (Å²) in [6.07, 6.45) is 0.439. The molecule has 0 radical (unpaired) electrons. The van der Waals surface area contributed by atoms with Gasteiger partial charge in [-0.2, -0.15) is 11.3 Å². The predicted molar refractivity (Wildman–Crippen MR) is 80.5 cm³/mol. The van der Waals surface area contributed by atoms with Crippen molar-refractivity contribution < 1.29 is 9.90 Å². The Morgan fingerprint density at radius 2 is 2.25 bits per heavy atom. The van der Waals surface area contributed by atoms with Gasteiger partial charge in [-0.3, -0.25) is 4.79 Å². The first-order chi connectivity index (χ1) is 9.79. The molecule has 1 amide bonds. The molecule has 3 nitrogen and oxygen atoms in total. The first kappa shape index (κ1) is 14.3. The molecule has 0 aliphatic rings. The molecule has 0 aliphatic heterocycles. The fraction of sp³-hybridized carbons (Fsp3) is 0.188. The molecule has 4 heteroatoms. The fourth-order valence-corrected chi connectivity index (χ4v) is 2.30. The van der Waals surface area contributed by atoms with Gasteiger partial charge in [-0.25, -0.2) is 0 Å². The third-order valence-corrected chi connectivity index (χ3v) is 3.36. The maximum atomic E-state index is 12.0. The van der Waals surface area contributed by atoms with Crippen molar-refractivity contribution in [1.82, 2.24) is 5.32 Å². The van der Waals surface area contributed by atoms with E-state index in [9.17, 15) is 4.79 Å².